The van der Waals surface area contributed by atoms with Gasteiger partial charge >= 0.3 is 0 Å². The Morgan fingerprint density at radius 2 is 1.97 bits per heavy atom. The van der Waals surface area contributed by atoms with E-state index in [1.807, 2.05) is 19.9 Å². The van der Waals surface area contributed by atoms with Crippen LogP contribution in [0.5, 0.6) is 0 Å². The number of hydrogen-bond donors (Lipinski definition) is 1. The molecule has 0 amide bonds. The Morgan fingerprint density at radius 1 is 1.22 bits per heavy atom. The molecule has 0 bridgehead atoms. The molecule has 2 heterocycles. The molecule has 0 atom stereocenters. The summed E-state index contributed by atoms with van der Waals surface area (Å²) < 4.78 is 48.4. The first-order valence-electron chi connectivity index (χ1n) is 10.9. The molecule has 2 aromatic rings. The molecule has 9 heteroatoms. The minimum absolute atomic E-state index is 0.00536. The third-order valence-electron chi connectivity index (χ3n) is 5.88. The van der Waals surface area contributed by atoms with Gasteiger partial charge in [0.25, 0.3) is 10.0 Å². The molecule has 174 valence electrons. The van der Waals surface area contributed by atoms with Crippen LogP contribution >= 0.6 is 11.6 Å². The second kappa shape index (κ2) is 9.55. The predicted octanol–water partition coefficient (Wildman–Crippen LogP) is 4.58. The molecule has 2 aromatic carbocycles. The van der Waals surface area contributed by atoms with E-state index in [4.69, 9.17) is 16.3 Å². The van der Waals surface area contributed by atoms with Crippen molar-refractivity contribution < 1.29 is 17.5 Å². The van der Waals surface area contributed by atoms with Gasteiger partial charge in [-0.05, 0) is 66.6 Å². The number of halogens is 2. The monoisotopic (exact) mass is 481 g/mol. The van der Waals surface area contributed by atoms with E-state index in [0.717, 1.165) is 48.2 Å². The Hall–Kier alpha value is -1.87. The number of fused-ring (bicyclic) bond motifs is 1. The summed E-state index contributed by atoms with van der Waals surface area (Å²) in [7, 11) is -3.98. The fourth-order valence-corrected chi connectivity index (χ4v) is 6.05. The van der Waals surface area contributed by atoms with Crippen LogP contribution in [-0.2, 0) is 21.3 Å². The third kappa shape index (κ3) is 4.88. The van der Waals surface area contributed by atoms with Crippen LogP contribution in [0.25, 0.3) is 0 Å². The van der Waals surface area contributed by atoms with E-state index >= 15 is 0 Å². The lowest BCUT2D eigenvalue weighted by molar-refractivity contribution is 0.0677. The second-order valence-electron chi connectivity index (χ2n) is 8.82. The van der Waals surface area contributed by atoms with Crippen LogP contribution in [0.4, 0.5) is 15.8 Å². The van der Waals surface area contributed by atoms with E-state index in [2.05, 4.69) is 10.4 Å². The second-order valence-corrected chi connectivity index (χ2v) is 11.1. The van der Waals surface area contributed by atoms with Crippen LogP contribution in [0.1, 0.15) is 32.3 Å². The lowest BCUT2D eigenvalue weighted by atomic mass is 10.00. The Balaban J connectivity index is 1.63. The first kappa shape index (κ1) is 23.3. The molecule has 0 aromatic heterocycles. The third-order valence-corrected chi connectivity index (χ3v) is 7.89. The molecule has 0 aliphatic carbocycles. The molecule has 32 heavy (non-hydrogen) atoms. The Bertz CT molecular complexity index is 1070. The van der Waals surface area contributed by atoms with Crippen molar-refractivity contribution in [2.45, 2.75) is 38.1 Å². The molecular formula is C23H29ClFN3O3S. The van der Waals surface area contributed by atoms with Crippen LogP contribution in [0.3, 0.4) is 0 Å². The minimum Gasteiger partial charge on any atom is -0.381 e. The molecule has 1 N–H and O–H groups in total. The van der Waals surface area contributed by atoms with Crippen LogP contribution < -0.4 is 14.7 Å². The Morgan fingerprint density at radius 3 is 2.69 bits per heavy atom. The number of sulfonamides is 1. The fourth-order valence-electron chi connectivity index (χ4n) is 4.20. The molecule has 0 radical (unpaired) electrons. The molecular weight excluding hydrogens is 453 g/mol. The number of nitrogens with one attached hydrogen (secondary N) is 1. The number of anilines is 2. The van der Waals surface area contributed by atoms with Crippen molar-refractivity contribution in [3.63, 3.8) is 0 Å². The molecule has 1 saturated heterocycles. The Kier molecular flexibility index (Phi) is 6.95. The summed E-state index contributed by atoms with van der Waals surface area (Å²) in [4.78, 5) is 0.144. The maximum absolute atomic E-state index is 14.6. The number of benzene rings is 2. The zero-order chi connectivity index (χ0) is 22.9. The van der Waals surface area contributed by atoms with Crippen molar-refractivity contribution in [2.75, 3.05) is 35.6 Å². The van der Waals surface area contributed by atoms with Crippen molar-refractivity contribution in [2.24, 2.45) is 11.8 Å². The number of hydrazine groups is 1. The van der Waals surface area contributed by atoms with Crippen molar-refractivity contribution >= 4 is 33.0 Å². The summed E-state index contributed by atoms with van der Waals surface area (Å²) in [5.74, 6) is -0.0868. The van der Waals surface area contributed by atoms with Crippen molar-refractivity contribution in [3.05, 3.63) is 52.8 Å². The van der Waals surface area contributed by atoms with E-state index in [-0.39, 0.29) is 28.1 Å². The summed E-state index contributed by atoms with van der Waals surface area (Å²) in [6, 6.07) is 9.10. The van der Waals surface area contributed by atoms with Gasteiger partial charge in [0.15, 0.2) is 0 Å². The van der Waals surface area contributed by atoms with Crippen LogP contribution in [0, 0.1) is 17.7 Å². The lowest BCUT2D eigenvalue weighted by Gasteiger charge is -2.29. The number of hydrogen-bond acceptors (Lipinski definition) is 5. The molecule has 2 aliphatic rings. The van der Waals surface area contributed by atoms with Crippen molar-refractivity contribution in [3.8, 4) is 0 Å². The topological polar surface area (TPSA) is 61.9 Å². The maximum atomic E-state index is 14.6. The molecule has 2 aliphatic heterocycles. The maximum Gasteiger partial charge on any atom is 0.264 e. The van der Waals surface area contributed by atoms with Crippen LogP contribution in [0.2, 0.25) is 5.02 Å². The van der Waals surface area contributed by atoms with Crippen molar-refractivity contribution in [1.82, 2.24) is 5.43 Å². The largest absolute Gasteiger partial charge is 0.381 e. The van der Waals surface area contributed by atoms with Gasteiger partial charge in [-0.15, -0.1) is 0 Å². The summed E-state index contributed by atoms with van der Waals surface area (Å²) in [5, 5.41) is 2.39. The van der Waals surface area contributed by atoms with E-state index in [9.17, 15) is 12.8 Å². The molecule has 0 spiro atoms. The number of nitrogens with zero attached hydrogens (tertiary/aromatic N) is 2. The summed E-state index contributed by atoms with van der Waals surface area (Å²) >= 11 is 6.06. The van der Waals surface area contributed by atoms with Gasteiger partial charge in [-0.1, -0.05) is 25.4 Å². The standard InChI is InChI=1S/C23H29ClFN3O3S/c1-16(2)14-28(23-12-19(24)3-5-21(23)25)32(29,30)20-4-6-22-18(11-20)13-26-27(22)15-17-7-9-31-10-8-17/h3-6,11-12,16-17,26H,7-10,13-15H2,1-2H3. The first-order valence-corrected chi connectivity index (χ1v) is 12.8. The van der Waals surface area contributed by atoms with E-state index in [1.54, 1.807) is 12.1 Å². The summed E-state index contributed by atoms with van der Waals surface area (Å²) in [5.41, 5.74) is 5.23. The van der Waals surface area contributed by atoms with Gasteiger partial charge < -0.3 is 9.75 Å². The Labute approximate surface area is 194 Å². The molecule has 1 fully saturated rings. The van der Waals surface area contributed by atoms with Gasteiger partial charge in [0.05, 0.1) is 16.3 Å². The quantitative estimate of drug-likeness (QED) is 0.627. The van der Waals surface area contributed by atoms with Gasteiger partial charge in [-0.25, -0.2) is 18.2 Å². The highest BCUT2D eigenvalue weighted by molar-refractivity contribution is 7.92. The highest BCUT2D eigenvalue weighted by Gasteiger charge is 2.30. The summed E-state index contributed by atoms with van der Waals surface area (Å²) in [6.45, 7) is 6.91. The number of ether oxygens (including phenoxy) is 1. The van der Waals surface area contributed by atoms with Gasteiger partial charge in [-0.3, -0.25) is 4.31 Å². The minimum atomic E-state index is -3.98. The fraction of sp³-hybridized carbons (Fsp3) is 0.478. The summed E-state index contributed by atoms with van der Waals surface area (Å²) in [6.07, 6.45) is 2.05. The molecule has 0 saturated carbocycles. The van der Waals surface area contributed by atoms with Gasteiger partial charge in [0, 0.05) is 37.9 Å². The predicted molar refractivity (Wildman–Crippen MR) is 125 cm³/mol. The number of rotatable bonds is 7. The first-order chi connectivity index (χ1) is 15.3. The van der Waals surface area contributed by atoms with Crippen LogP contribution in [0.15, 0.2) is 41.3 Å². The van der Waals surface area contributed by atoms with Gasteiger partial charge in [0.1, 0.15) is 5.82 Å². The van der Waals surface area contributed by atoms with Crippen LogP contribution in [-0.4, -0.2) is 34.7 Å². The SMILES string of the molecule is CC(C)CN(c1cc(Cl)ccc1F)S(=O)(=O)c1ccc2c(c1)CNN2CC1CCOCC1. The molecule has 0 unspecified atom stereocenters. The lowest BCUT2D eigenvalue weighted by Crippen LogP contribution is -2.38. The van der Waals surface area contributed by atoms with Gasteiger partial charge in [-0.2, -0.15) is 0 Å². The highest BCUT2D eigenvalue weighted by atomic mass is 35.5. The average Bonchev–Trinajstić information content (AvgIpc) is 3.16. The zero-order valence-corrected chi connectivity index (χ0v) is 19.9. The van der Waals surface area contributed by atoms with E-state index < -0.39 is 15.8 Å². The normalized spacial score (nSPS) is 17.1. The highest BCUT2D eigenvalue weighted by Crippen LogP contribution is 2.34. The molecule has 6 nitrogen and oxygen atoms in total. The van der Waals surface area contributed by atoms with E-state index in [0.29, 0.717) is 12.5 Å². The average molecular weight is 482 g/mol. The zero-order valence-electron chi connectivity index (χ0n) is 18.4. The van der Waals surface area contributed by atoms with Crippen molar-refractivity contribution in [1.29, 1.82) is 0 Å². The molecule has 4 rings (SSSR count). The van der Waals surface area contributed by atoms with Gasteiger partial charge in [0.2, 0.25) is 0 Å². The smallest absolute Gasteiger partial charge is 0.264 e. The van der Waals surface area contributed by atoms with E-state index in [1.165, 1.54) is 18.2 Å².